The van der Waals surface area contributed by atoms with E-state index in [0.29, 0.717) is 49.2 Å². The van der Waals surface area contributed by atoms with Gasteiger partial charge in [-0.3, -0.25) is 0 Å². The van der Waals surface area contributed by atoms with Gasteiger partial charge in [-0.1, -0.05) is 0 Å². The largest absolute Gasteiger partial charge is 0.454 e. The molecule has 5 rings (SSSR count). The molecule has 2 aliphatic heterocycles. The first-order chi connectivity index (χ1) is 14.3. The number of aromatic nitrogens is 5. The van der Waals surface area contributed by atoms with E-state index in [9.17, 15) is 4.79 Å². The average molecular weight is 394 g/mol. The molecule has 11 nitrogen and oxygen atoms in total. The summed E-state index contributed by atoms with van der Waals surface area (Å²) in [6.07, 6.45) is 4.55. The summed E-state index contributed by atoms with van der Waals surface area (Å²) in [5.41, 5.74) is 0.676. The summed E-state index contributed by atoms with van der Waals surface area (Å²) in [6.45, 7) is 2.71. The molecule has 148 valence electrons. The van der Waals surface area contributed by atoms with Crippen molar-refractivity contribution in [2.75, 3.05) is 43.2 Å². The van der Waals surface area contributed by atoms with Gasteiger partial charge in [-0.25, -0.2) is 24.4 Å². The van der Waals surface area contributed by atoms with Crippen LogP contribution in [0.25, 0.3) is 5.82 Å². The quantitative estimate of drug-likeness (QED) is 0.704. The number of benzene rings is 1. The van der Waals surface area contributed by atoms with E-state index in [1.165, 1.54) is 12.7 Å². The number of piperazine rings is 1. The number of amides is 2. The molecule has 2 amide bonds. The molecule has 0 saturated carbocycles. The Morgan fingerprint density at radius 3 is 2.62 bits per heavy atom. The molecule has 1 saturated heterocycles. The number of fused-ring (bicyclic) bond motifs is 1. The number of hydrogen-bond donors (Lipinski definition) is 1. The summed E-state index contributed by atoms with van der Waals surface area (Å²) < 4.78 is 12.2. The summed E-state index contributed by atoms with van der Waals surface area (Å²) in [5, 5.41) is 7.00. The van der Waals surface area contributed by atoms with Crippen LogP contribution in [-0.2, 0) is 0 Å². The third-order valence-corrected chi connectivity index (χ3v) is 4.81. The Hall–Kier alpha value is -3.89. The van der Waals surface area contributed by atoms with Gasteiger partial charge in [-0.05, 0) is 12.1 Å². The Kier molecular flexibility index (Phi) is 4.31. The highest BCUT2D eigenvalue weighted by Crippen LogP contribution is 2.34. The maximum Gasteiger partial charge on any atom is 0.321 e. The van der Waals surface area contributed by atoms with Gasteiger partial charge in [0, 0.05) is 44.0 Å². The van der Waals surface area contributed by atoms with Crippen molar-refractivity contribution in [3.8, 4) is 17.3 Å². The lowest BCUT2D eigenvalue weighted by Gasteiger charge is -2.35. The van der Waals surface area contributed by atoms with Crippen LogP contribution in [0.1, 0.15) is 0 Å². The highest BCUT2D eigenvalue weighted by molar-refractivity contribution is 5.90. The van der Waals surface area contributed by atoms with E-state index in [2.05, 4.69) is 30.3 Å². The monoisotopic (exact) mass is 394 g/mol. The van der Waals surface area contributed by atoms with Crippen LogP contribution < -0.4 is 19.7 Å². The van der Waals surface area contributed by atoms with Crippen molar-refractivity contribution >= 4 is 17.5 Å². The Labute approximate surface area is 165 Å². The Morgan fingerprint density at radius 1 is 0.966 bits per heavy atom. The van der Waals surface area contributed by atoms with Gasteiger partial charge in [0.05, 0.1) is 0 Å². The van der Waals surface area contributed by atoms with Gasteiger partial charge in [0.2, 0.25) is 6.79 Å². The maximum atomic E-state index is 12.6. The minimum atomic E-state index is -0.144. The molecule has 4 heterocycles. The molecule has 0 bridgehead atoms. The number of nitrogens with zero attached hydrogens (tertiary/aromatic N) is 7. The Morgan fingerprint density at radius 2 is 1.79 bits per heavy atom. The van der Waals surface area contributed by atoms with Crippen molar-refractivity contribution in [1.82, 2.24) is 29.6 Å². The second-order valence-electron chi connectivity index (χ2n) is 6.55. The fraction of sp³-hybridized carbons (Fsp3) is 0.278. The zero-order valence-electron chi connectivity index (χ0n) is 15.4. The number of urea groups is 1. The molecule has 1 fully saturated rings. The third-order valence-electron chi connectivity index (χ3n) is 4.81. The third kappa shape index (κ3) is 3.49. The molecular weight excluding hydrogens is 376 g/mol. The minimum absolute atomic E-state index is 0.144. The molecule has 0 unspecified atom stereocenters. The van der Waals surface area contributed by atoms with Gasteiger partial charge >= 0.3 is 6.03 Å². The van der Waals surface area contributed by atoms with Crippen LogP contribution in [0.3, 0.4) is 0 Å². The first-order valence-corrected chi connectivity index (χ1v) is 9.14. The molecule has 0 aliphatic carbocycles. The fourth-order valence-corrected chi connectivity index (χ4v) is 3.28. The molecule has 11 heteroatoms. The van der Waals surface area contributed by atoms with Crippen molar-refractivity contribution in [3.63, 3.8) is 0 Å². The van der Waals surface area contributed by atoms with Crippen LogP contribution in [0.2, 0.25) is 0 Å². The summed E-state index contributed by atoms with van der Waals surface area (Å²) in [5.74, 6) is 2.77. The van der Waals surface area contributed by atoms with Gasteiger partial charge in [0.1, 0.15) is 24.8 Å². The SMILES string of the molecule is O=C(Nc1ccc2c(c1)OCO2)N1CCN(c2cc(-n3cncn3)ncn2)CC1. The average Bonchev–Trinajstić information content (AvgIpc) is 3.46. The lowest BCUT2D eigenvalue weighted by Crippen LogP contribution is -2.50. The summed E-state index contributed by atoms with van der Waals surface area (Å²) in [6, 6.07) is 7.07. The van der Waals surface area contributed by atoms with Gasteiger partial charge in [0.15, 0.2) is 17.3 Å². The van der Waals surface area contributed by atoms with E-state index in [-0.39, 0.29) is 12.8 Å². The number of nitrogens with one attached hydrogen (secondary N) is 1. The van der Waals surface area contributed by atoms with Crippen LogP contribution in [0.4, 0.5) is 16.3 Å². The second-order valence-corrected chi connectivity index (χ2v) is 6.55. The van der Waals surface area contributed by atoms with Crippen LogP contribution in [-0.4, -0.2) is 68.6 Å². The van der Waals surface area contributed by atoms with Crippen molar-refractivity contribution < 1.29 is 14.3 Å². The van der Waals surface area contributed by atoms with E-state index in [1.54, 1.807) is 34.1 Å². The van der Waals surface area contributed by atoms with Crippen LogP contribution in [0, 0.1) is 0 Å². The highest BCUT2D eigenvalue weighted by atomic mass is 16.7. The number of carbonyl (C=O) groups excluding carboxylic acids is 1. The van der Waals surface area contributed by atoms with Crippen molar-refractivity contribution in [1.29, 1.82) is 0 Å². The number of rotatable bonds is 3. The zero-order valence-corrected chi connectivity index (χ0v) is 15.4. The molecule has 3 aromatic rings. The second kappa shape index (κ2) is 7.26. The molecule has 2 aliphatic rings. The number of carbonyl (C=O) groups is 1. The van der Waals surface area contributed by atoms with E-state index < -0.39 is 0 Å². The van der Waals surface area contributed by atoms with Crippen molar-refractivity contribution in [2.45, 2.75) is 0 Å². The van der Waals surface area contributed by atoms with Gasteiger partial charge in [0.25, 0.3) is 0 Å². The smallest absolute Gasteiger partial charge is 0.321 e. The highest BCUT2D eigenvalue weighted by Gasteiger charge is 2.23. The summed E-state index contributed by atoms with van der Waals surface area (Å²) >= 11 is 0. The number of hydrogen-bond acceptors (Lipinski definition) is 8. The molecule has 0 radical (unpaired) electrons. The van der Waals surface area contributed by atoms with E-state index in [4.69, 9.17) is 9.47 Å². The van der Waals surface area contributed by atoms with Gasteiger partial charge < -0.3 is 24.6 Å². The molecule has 0 atom stereocenters. The molecule has 2 aromatic heterocycles. The Balaban J connectivity index is 1.20. The predicted octanol–water partition coefficient (Wildman–Crippen LogP) is 1.14. The lowest BCUT2D eigenvalue weighted by atomic mass is 10.2. The minimum Gasteiger partial charge on any atom is -0.454 e. The fourth-order valence-electron chi connectivity index (χ4n) is 3.28. The zero-order chi connectivity index (χ0) is 19.6. The van der Waals surface area contributed by atoms with Gasteiger partial charge in [-0.2, -0.15) is 5.10 Å². The van der Waals surface area contributed by atoms with E-state index >= 15 is 0 Å². The first kappa shape index (κ1) is 17.2. The van der Waals surface area contributed by atoms with Gasteiger partial charge in [-0.15, -0.1) is 0 Å². The van der Waals surface area contributed by atoms with Crippen LogP contribution in [0.15, 0.2) is 43.2 Å². The molecule has 1 aromatic carbocycles. The molecular formula is C18H18N8O3. The van der Waals surface area contributed by atoms with Crippen LogP contribution >= 0.6 is 0 Å². The molecule has 1 N–H and O–H groups in total. The summed E-state index contributed by atoms with van der Waals surface area (Å²) in [4.78, 5) is 29.0. The summed E-state index contributed by atoms with van der Waals surface area (Å²) in [7, 11) is 0. The lowest BCUT2D eigenvalue weighted by molar-refractivity contribution is 0.174. The van der Waals surface area contributed by atoms with E-state index in [1.807, 2.05) is 6.07 Å². The first-order valence-electron chi connectivity index (χ1n) is 9.14. The standard InChI is InChI=1S/C18H18N8O3/c27-18(23-13-1-2-14-15(7-13)29-12-28-14)25-5-3-24(4-6-25)16-8-17(21-10-20-16)26-11-19-9-22-26/h1-2,7-11H,3-6,12H2,(H,23,27). The topological polar surface area (TPSA) is 111 Å². The number of ether oxygens (including phenoxy) is 2. The molecule has 29 heavy (non-hydrogen) atoms. The number of anilines is 2. The normalized spacial score (nSPS) is 15.4. The van der Waals surface area contributed by atoms with E-state index in [0.717, 1.165) is 5.82 Å². The predicted molar refractivity (Wildman–Crippen MR) is 102 cm³/mol. The maximum absolute atomic E-state index is 12.6. The van der Waals surface area contributed by atoms with Crippen molar-refractivity contribution in [2.24, 2.45) is 0 Å². The molecule has 0 spiro atoms. The van der Waals surface area contributed by atoms with Crippen LogP contribution in [0.5, 0.6) is 11.5 Å². The van der Waals surface area contributed by atoms with Crippen molar-refractivity contribution in [3.05, 3.63) is 43.2 Å². The Bertz CT molecular complexity index is 1020.